The molecule has 23 heavy (non-hydrogen) atoms. The molecule has 0 atom stereocenters. The van der Waals surface area contributed by atoms with Crippen LogP contribution in [-0.2, 0) is 4.79 Å². The number of carbonyl (C=O) groups is 1. The fraction of sp³-hybridized carbons (Fsp3) is 0. The third kappa shape index (κ3) is 4.17. The molecule has 0 aromatic heterocycles. The Morgan fingerprint density at radius 1 is 0.522 bits per heavy atom. The van der Waals surface area contributed by atoms with Crippen LogP contribution in [0.1, 0.15) is 0 Å². The van der Waals surface area contributed by atoms with Crippen molar-refractivity contribution < 1.29 is 9.90 Å². The lowest BCUT2D eigenvalue weighted by molar-refractivity contribution is -0.0979. The van der Waals surface area contributed by atoms with Gasteiger partial charge in [-0.1, -0.05) is 84.9 Å². The summed E-state index contributed by atoms with van der Waals surface area (Å²) in [5, 5.41) is 14.0. The van der Waals surface area contributed by atoms with Gasteiger partial charge < -0.3 is 9.90 Å². The summed E-state index contributed by atoms with van der Waals surface area (Å²) in [5.74, 6) is 0.350. The number of hydrogen-bond acceptors (Lipinski definition) is 2. The molecule has 0 bridgehead atoms. The van der Waals surface area contributed by atoms with E-state index < -0.39 is 0 Å². The van der Waals surface area contributed by atoms with Gasteiger partial charge in [0.2, 0.25) is 0 Å². The number of benzene rings is 4. The van der Waals surface area contributed by atoms with E-state index in [1.54, 1.807) is 6.07 Å². The van der Waals surface area contributed by atoms with E-state index in [4.69, 9.17) is 4.79 Å². The molecule has 114 valence electrons. The van der Waals surface area contributed by atoms with E-state index in [1.807, 2.05) is 43.2 Å². The smallest absolute Gasteiger partial charge is 0.123 e. The second-order valence-corrected chi connectivity index (χ2v) is 4.85. The molecule has 0 fully saturated rings. The van der Waals surface area contributed by atoms with Crippen LogP contribution in [0.3, 0.4) is 0 Å². The van der Waals surface area contributed by atoms with E-state index in [1.165, 1.54) is 10.8 Å². The van der Waals surface area contributed by atoms with Gasteiger partial charge in [-0.25, -0.2) is 0 Å². The normalized spacial score (nSPS) is 9.39. The van der Waals surface area contributed by atoms with Gasteiger partial charge in [-0.15, -0.1) is 0 Å². The fourth-order valence-electron chi connectivity index (χ4n) is 2.34. The molecule has 1 N–H and O–H groups in total. The molecule has 0 saturated carbocycles. The molecule has 4 aromatic carbocycles. The minimum atomic E-state index is 0.350. The number of phenols is 1. The first kappa shape index (κ1) is 16.2. The molecule has 4 aromatic rings. The molecular formula is C21H18O2. The second-order valence-electron chi connectivity index (χ2n) is 4.85. The highest BCUT2D eigenvalue weighted by Gasteiger charge is 1.94. The Morgan fingerprint density at radius 3 is 1.39 bits per heavy atom. The van der Waals surface area contributed by atoms with Crippen molar-refractivity contribution >= 4 is 28.3 Å². The number of aromatic hydroxyl groups is 1. The highest BCUT2D eigenvalue weighted by atomic mass is 16.3. The van der Waals surface area contributed by atoms with Gasteiger partial charge in [0.15, 0.2) is 0 Å². The van der Waals surface area contributed by atoms with Crippen molar-refractivity contribution in [1.29, 1.82) is 0 Å². The minimum absolute atomic E-state index is 0.350. The van der Waals surface area contributed by atoms with E-state index >= 15 is 0 Å². The Bertz CT molecular complexity index is 814. The Kier molecular flexibility index (Phi) is 5.89. The summed E-state index contributed by atoms with van der Waals surface area (Å²) in [5.41, 5.74) is 0. The number of fused-ring (bicyclic) bond motifs is 2. The van der Waals surface area contributed by atoms with Gasteiger partial charge >= 0.3 is 0 Å². The Balaban J connectivity index is 0.000000152. The largest absolute Gasteiger partial charge is 0.507 e. The van der Waals surface area contributed by atoms with Gasteiger partial charge in [-0.05, 0) is 22.2 Å². The average Bonchev–Trinajstić information content (AvgIpc) is 2.65. The summed E-state index contributed by atoms with van der Waals surface area (Å²) >= 11 is 0. The van der Waals surface area contributed by atoms with Gasteiger partial charge in [0.1, 0.15) is 12.5 Å². The molecule has 0 radical (unpaired) electrons. The molecule has 0 aliphatic heterocycles. The van der Waals surface area contributed by atoms with Gasteiger partial charge in [0.05, 0.1) is 0 Å². The molecule has 0 aliphatic carbocycles. The molecule has 0 saturated heterocycles. The van der Waals surface area contributed by atoms with E-state index in [-0.39, 0.29) is 0 Å². The maximum Gasteiger partial charge on any atom is 0.123 e. The number of carbonyl (C=O) groups excluding carboxylic acids is 1. The second kappa shape index (κ2) is 8.35. The SMILES string of the molecule is C=O.Oc1cccc2ccccc12.c1ccc2ccccc2c1. The quantitative estimate of drug-likeness (QED) is 0.484. The molecule has 0 unspecified atom stereocenters. The fourth-order valence-corrected chi connectivity index (χ4v) is 2.34. The van der Waals surface area contributed by atoms with E-state index in [9.17, 15) is 5.11 Å². The van der Waals surface area contributed by atoms with Crippen molar-refractivity contribution in [3.63, 3.8) is 0 Å². The summed E-state index contributed by atoms with van der Waals surface area (Å²) in [7, 11) is 0. The lowest BCUT2D eigenvalue weighted by Crippen LogP contribution is -1.70. The maximum atomic E-state index is 9.37. The van der Waals surface area contributed by atoms with E-state index in [0.29, 0.717) is 5.75 Å². The first-order chi connectivity index (χ1) is 11.3. The Labute approximate surface area is 135 Å². The van der Waals surface area contributed by atoms with Crippen molar-refractivity contribution in [2.45, 2.75) is 0 Å². The van der Waals surface area contributed by atoms with Gasteiger partial charge in [-0.2, -0.15) is 0 Å². The summed E-state index contributed by atoms with van der Waals surface area (Å²) in [6, 6.07) is 30.0. The highest BCUT2D eigenvalue weighted by Crippen LogP contribution is 2.22. The van der Waals surface area contributed by atoms with Crippen LogP contribution in [-0.4, -0.2) is 11.9 Å². The Hall–Kier alpha value is -3.13. The van der Waals surface area contributed by atoms with Crippen molar-refractivity contribution in [3.05, 3.63) is 91.0 Å². The Morgan fingerprint density at radius 2 is 0.913 bits per heavy atom. The minimum Gasteiger partial charge on any atom is -0.507 e. The van der Waals surface area contributed by atoms with Crippen molar-refractivity contribution in [2.75, 3.05) is 0 Å². The third-order valence-electron chi connectivity index (χ3n) is 3.43. The zero-order valence-electron chi connectivity index (χ0n) is 12.7. The summed E-state index contributed by atoms with van der Waals surface area (Å²) in [6.45, 7) is 2.00. The van der Waals surface area contributed by atoms with Gasteiger partial charge in [-0.3, -0.25) is 0 Å². The van der Waals surface area contributed by atoms with Crippen molar-refractivity contribution in [2.24, 2.45) is 0 Å². The zero-order valence-corrected chi connectivity index (χ0v) is 12.7. The van der Waals surface area contributed by atoms with Crippen molar-refractivity contribution in [3.8, 4) is 5.75 Å². The van der Waals surface area contributed by atoms with Gasteiger partial charge in [0, 0.05) is 5.39 Å². The van der Waals surface area contributed by atoms with Crippen LogP contribution in [0.5, 0.6) is 5.75 Å². The van der Waals surface area contributed by atoms with Crippen LogP contribution in [0.4, 0.5) is 0 Å². The summed E-state index contributed by atoms with van der Waals surface area (Å²) < 4.78 is 0. The van der Waals surface area contributed by atoms with Crippen LogP contribution in [0.15, 0.2) is 91.0 Å². The van der Waals surface area contributed by atoms with Crippen LogP contribution in [0.2, 0.25) is 0 Å². The molecule has 0 aliphatic rings. The first-order valence-electron chi connectivity index (χ1n) is 7.24. The average molecular weight is 302 g/mol. The molecule has 0 heterocycles. The molecule has 0 spiro atoms. The molecule has 4 rings (SSSR count). The number of rotatable bonds is 0. The zero-order chi connectivity index (χ0) is 16.5. The predicted octanol–water partition coefficient (Wildman–Crippen LogP) is 5.20. The predicted molar refractivity (Wildman–Crippen MR) is 96.7 cm³/mol. The van der Waals surface area contributed by atoms with Crippen LogP contribution >= 0.6 is 0 Å². The van der Waals surface area contributed by atoms with E-state index in [0.717, 1.165) is 10.8 Å². The monoisotopic (exact) mass is 302 g/mol. The topological polar surface area (TPSA) is 37.3 Å². The van der Waals surface area contributed by atoms with E-state index in [2.05, 4.69) is 48.5 Å². The first-order valence-corrected chi connectivity index (χ1v) is 7.24. The molecule has 2 heteroatoms. The highest BCUT2D eigenvalue weighted by molar-refractivity contribution is 5.87. The summed E-state index contributed by atoms with van der Waals surface area (Å²) in [6.07, 6.45) is 0. The van der Waals surface area contributed by atoms with Crippen LogP contribution < -0.4 is 0 Å². The lowest BCUT2D eigenvalue weighted by Gasteiger charge is -1.97. The third-order valence-corrected chi connectivity index (χ3v) is 3.43. The molecular weight excluding hydrogens is 284 g/mol. The molecule has 0 amide bonds. The summed E-state index contributed by atoms with van der Waals surface area (Å²) in [4.78, 5) is 8.00. The van der Waals surface area contributed by atoms with Gasteiger partial charge in [0.25, 0.3) is 0 Å². The molecule has 2 nitrogen and oxygen atoms in total. The number of hydrogen-bond donors (Lipinski definition) is 1. The lowest BCUT2D eigenvalue weighted by atomic mass is 10.1. The van der Waals surface area contributed by atoms with Crippen molar-refractivity contribution in [1.82, 2.24) is 0 Å². The number of phenolic OH excluding ortho intramolecular Hbond substituents is 1. The maximum absolute atomic E-state index is 9.37. The van der Waals surface area contributed by atoms with Crippen LogP contribution in [0.25, 0.3) is 21.5 Å². The van der Waals surface area contributed by atoms with Crippen LogP contribution in [0, 0.1) is 0 Å². The standard InChI is InChI=1S/C10H8O.C10H8.CH2O/c11-10-7-3-5-8-4-1-2-6-9(8)10;1-2-6-10-8-4-3-7-9(10)5-1;1-2/h1-7,11H;1-8H;1H2.